The van der Waals surface area contributed by atoms with E-state index in [0.29, 0.717) is 57.8 Å². The van der Waals surface area contributed by atoms with Crippen LogP contribution in [-0.4, -0.2) is 289 Å². The molecule has 6 fully saturated rings. The molecule has 1 spiro atoms. The first-order valence-electron chi connectivity index (χ1n) is 39.2. The number of halogens is 8. The van der Waals surface area contributed by atoms with Gasteiger partial charge in [-0.2, -0.15) is 26.3 Å². The molecule has 2 bridgehead atoms. The quantitative estimate of drug-likeness (QED) is 0.118. The van der Waals surface area contributed by atoms with E-state index >= 15 is 37.5 Å². The van der Waals surface area contributed by atoms with Crippen LogP contribution in [0.4, 0.5) is 35.1 Å². The molecule has 3 N–H and O–H groups in total. The summed E-state index contributed by atoms with van der Waals surface area (Å²) in [7, 11) is 10.9. The minimum Gasteiger partial charge on any atom is -0.377 e. The van der Waals surface area contributed by atoms with Crippen LogP contribution in [0.3, 0.4) is 0 Å². The Balaban J connectivity index is 1.33. The number of amides is 12. The molecular weight excluding hydrogens is 1440 g/mol. The van der Waals surface area contributed by atoms with Crippen molar-refractivity contribution < 1.29 is 97.4 Å². The van der Waals surface area contributed by atoms with Gasteiger partial charge < -0.3 is 64.8 Å². The third-order valence-corrected chi connectivity index (χ3v) is 24.3. The lowest BCUT2D eigenvalue weighted by atomic mass is 9.76. The SMILES string of the molecule is CCCC[C@H]1C(=O)N[C@@H]([C@@H](C)CC)C(=O)N(C)CC(=O)N(C)[C@H]2C/C=C\CCN(C2=O)[C@@H](CC2CCC(C(F)(F)F)CC2)C(=O)N(C)CC(=O)N[C@@H](CCC2CC(F)C(C(F)(F)F)C(F)C2)C(=O)N2C[C@H](OCC)C[C@H]2C(=O)NC2(CCCC2)C(=O)N(C)[C@@H](C2CCCC2)C(=O)N(C)[C@H](C(=O)N(C)C)CC(=O)N1C. The predicted octanol–water partition coefficient (Wildman–Crippen LogP) is 6.89. The Kier molecular flexibility index (Phi) is 31.7. The summed E-state index contributed by atoms with van der Waals surface area (Å²) in [5.74, 6) is -16.7. The van der Waals surface area contributed by atoms with Crippen molar-refractivity contribution >= 4 is 70.9 Å². The Bertz CT molecular complexity index is 3230. The van der Waals surface area contributed by atoms with Crippen LogP contribution in [0.25, 0.3) is 0 Å². The zero-order valence-electron chi connectivity index (χ0n) is 65.5. The average Bonchev–Trinajstić information content (AvgIpc) is 1.68. The van der Waals surface area contributed by atoms with Gasteiger partial charge in [-0.1, -0.05) is 77.9 Å². The van der Waals surface area contributed by atoms with Crippen molar-refractivity contribution in [2.75, 3.05) is 89.2 Å². The van der Waals surface area contributed by atoms with Crippen molar-refractivity contribution in [2.45, 2.75) is 273 Å². The van der Waals surface area contributed by atoms with E-state index in [4.69, 9.17) is 4.74 Å². The summed E-state index contributed by atoms with van der Waals surface area (Å²) in [4.78, 5) is 192. The second-order valence-corrected chi connectivity index (χ2v) is 32.0. The summed E-state index contributed by atoms with van der Waals surface area (Å²) >= 11 is 0. The molecule has 3 heterocycles. The number of carbonyl (C=O) groups excluding carboxylic acids is 12. The summed E-state index contributed by atoms with van der Waals surface area (Å²) in [5, 5.41) is 8.49. The number of ether oxygens (including phenoxy) is 1. The minimum absolute atomic E-state index is 0.00407. The lowest BCUT2D eigenvalue weighted by molar-refractivity contribution is -0.219. The van der Waals surface area contributed by atoms with Crippen LogP contribution in [0, 0.1) is 35.5 Å². The predicted molar refractivity (Wildman–Crippen MR) is 386 cm³/mol. The number of alkyl halides is 8. The van der Waals surface area contributed by atoms with E-state index in [0.717, 1.165) is 24.5 Å². The van der Waals surface area contributed by atoms with E-state index in [1.807, 2.05) is 6.92 Å². The fourth-order valence-corrected chi connectivity index (χ4v) is 17.5. The summed E-state index contributed by atoms with van der Waals surface area (Å²) < 4.78 is 121. The molecule has 12 amide bonds. The fourth-order valence-electron chi connectivity index (χ4n) is 17.5. The van der Waals surface area contributed by atoms with Crippen LogP contribution in [-0.2, 0) is 62.3 Å². The van der Waals surface area contributed by atoms with Gasteiger partial charge in [0, 0.05) is 82.5 Å². The molecule has 7 rings (SSSR count). The van der Waals surface area contributed by atoms with Crippen molar-refractivity contribution in [3.63, 3.8) is 0 Å². The van der Waals surface area contributed by atoms with E-state index in [-0.39, 0.29) is 96.7 Å². The number of fused-ring (bicyclic) bond motifs is 3. The maximum Gasteiger partial charge on any atom is 0.397 e. The third kappa shape index (κ3) is 21.9. The second kappa shape index (κ2) is 38.8. The number of hydrogen-bond acceptors (Lipinski definition) is 13. The molecule has 33 heteroatoms. The minimum atomic E-state index is -5.22. The first-order valence-corrected chi connectivity index (χ1v) is 39.2. The molecule has 109 heavy (non-hydrogen) atoms. The Morgan fingerprint density at radius 1 is 0.633 bits per heavy atom. The molecule has 2 unspecified atom stereocenters. The summed E-state index contributed by atoms with van der Waals surface area (Å²) in [5.41, 5.74) is -1.72. The van der Waals surface area contributed by atoms with Gasteiger partial charge in [0.25, 0.3) is 0 Å². The monoisotopic (exact) mass is 1560 g/mol. The molecule has 0 aromatic heterocycles. The maximum absolute atomic E-state index is 15.7. The van der Waals surface area contributed by atoms with E-state index in [1.54, 1.807) is 32.9 Å². The number of rotatable bonds is 14. The number of nitrogens with zero attached hydrogens (tertiary/aromatic N) is 9. The van der Waals surface area contributed by atoms with E-state index in [2.05, 4.69) is 16.0 Å². The molecule has 2 saturated heterocycles. The van der Waals surface area contributed by atoms with Crippen molar-refractivity contribution in [2.24, 2.45) is 35.5 Å². The molecule has 12 atom stereocenters. The Hall–Kier alpha value is -7.22. The van der Waals surface area contributed by atoms with Crippen molar-refractivity contribution in [3.8, 4) is 0 Å². The van der Waals surface area contributed by atoms with E-state index < -0.39 is 230 Å². The Morgan fingerprint density at radius 2 is 1.26 bits per heavy atom. The maximum atomic E-state index is 15.7. The molecule has 4 aliphatic carbocycles. The Morgan fingerprint density at radius 3 is 1.83 bits per heavy atom. The zero-order valence-corrected chi connectivity index (χ0v) is 65.5. The highest BCUT2D eigenvalue weighted by Gasteiger charge is 2.56. The van der Waals surface area contributed by atoms with Crippen molar-refractivity contribution in [3.05, 3.63) is 12.2 Å². The standard InChI is InChI=1S/C76H118F8N12O13/c1-13-16-26-54-65(100)86-63(45(4)14-2)71(106)90(8)44-61(99)92(10)55-27-18-17-23-36-95(70(55)105)58(39-46-28-31-49(32-29-46)75(79,80)81)69(104)89(7)43-59(97)85-53(33-30-47-37-51(77)62(52(78)38-47)76(82,83)84)67(102)96-42-50(109-15-3)40-56(96)66(101)87-74(34-21-22-35-74)73(108)94(12)64(48-24-19-20-25-48)72(107)93(11)57(68(103)88(5)6)41-60(98)91(54)9/h17-18,45-58,62-64H,13-16,19-44H2,1-12H3,(H,85,97)(H,86,100)(H,87,101)/b18-17-/t45-,46?,47?,49?,50+,51?,52?,53-,54-,55-,56-,57-,58-,62?,63-,64-/m0/s1. The van der Waals surface area contributed by atoms with Crippen LogP contribution in [0.5, 0.6) is 0 Å². The van der Waals surface area contributed by atoms with Crippen LogP contribution >= 0.6 is 0 Å². The number of likely N-dealkylation sites (N-methyl/N-ethyl adjacent to an activating group) is 7. The Labute approximate surface area is 635 Å². The fraction of sp³-hybridized carbons (Fsp3) is 0.816. The highest BCUT2D eigenvalue weighted by Crippen LogP contribution is 2.46. The first-order chi connectivity index (χ1) is 51.2. The third-order valence-electron chi connectivity index (χ3n) is 24.3. The van der Waals surface area contributed by atoms with Crippen LogP contribution in [0.2, 0.25) is 0 Å². The molecule has 25 nitrogen and oxygen atoms in total. The molecule has 3 aliphatic heterocycles. The topological polar surface area (TPSA) is 279 Å². The number of hydrogen-bond donors (Lipinski definition) is 3. The second-order valence-electron chi connectivity index (χ2n) is 32.0. The lowest BCUT2D eigenvalue weighted by Crippen LogP contribution is -2.65. The van der Waals surface area contributed by atoms with Crippen LogP contribution < -0.4 is 16.0 Å². The number of carbonyl (C=O) groups is 12. The lowest BCUT2D eigenvalue weighted by Gasteiger charge is -2.42. The van der Waals surface area contributed by atoms with Gasteiger partial charge in [0.1, 0.15) is 72.1 Å². The van der Waals surface area contributed by atoms with Crippen LogP contribution in [0.1, 0.15) is 188 Å². The highest BCUT2D eigenvalue weighted by molar-refractivity contribution is 6.01. The molecular formula is C76H118F8N12O13. The average molecular weight is 1560 g/mol. The molecule has 616 valence electrons. The van der Waals surface area contributed by atoms with Gasteiger partial charge in [0.05, 0.1) is 31.5 Å². The van der Waals surface area contributed by atoms with E-state index in [1.165, 1.54) is 76.0 Å². The molecule has 4 saturated carbocycles. The summed E-state index contributed by atoms with van der Waals surface area (Å²) in [6.07, 6.45) is -11.7. The van der Waals surface area contributed by atoms with Gasteiger partial charge in [0.2, 0.25) is 70.9 Å². The van der Waals surface area contributed by atoms with Crippen molar-refractivity contribution in [1.29, 1.82) is 0 Å². The normalized spacial score (nSPS) is 31.9. The molecule has 0 aromatic carbocycles. The molecule has 0 radical (unpaired) electrons. The molecule has 0 aromatic rings. The van der Waals surface area contributed by atoms with E-state index in [9.17, 15) is 55.1 Å². The van der Waals surface area contributed by atoms with Gasteiger partial charge in [-0.3, -0.25) is 57.5 Å². The van der Waals surface area contributed by atoms with Crippen LogP contribution in [0.15, 0.2) is 12.2 Å². The number of nitrogens with one attached hydrogen (secondary N) is 3. The van der Waals surface area contributed by atoms with Gasteiger partial charge >= 0.3 is 12.4 Å². The largest absolute Gasteiger partial charge is 0.397 e. The number of unbranched alkanes of at least 4 members (excludes halogenated alkanes) is 1. The van der Waals surface area contributed by atoms with Gasteiger partial charge in [0.15, 0.2) is 0 Å². The van der Waals surface area contributed by atoms with Gasteiger partial charge in [-0.15, -0.1) is 0 Å². The van der Waals surface area contributed by atoms with Gasteiger partial charge in [-0.25, -0.2) is 8.78 Å². The first kappa shape index (κ1) is 89.0. The summed E-state index contributed by atoms with van der Waals surface area (Å²) in [6, 6.07) is -11.4. The van der Waals surface area contributed by atoms with Gasteiger partial charge in [-0.05, 0) is 133 Å². The smallest absolute Gasteiger partial charge is 0.377 e. The summed E-state index contributed by atoms with van der Waals surface area (Å²) in [6.45, 7) is 5.13. The zero-order chi connectivity index (χ0) is 80.9. The van der Waals surface area contributed by atoms with Crippen molar-refractivity contribution in [1.82, 2.24) is 60.0 Å². The molecule has 7 aliphatic rings. The highest BCUT2D eigenvalue weighted by atomic mass is 19.4.